The molecule has 10 aromatic rings. The van der Waals surface area contributed by atoms with Crippen molar-refractivity contribution >= 4 is 65.3 Å². The van der Waals surface area contributed by atoms with E-state index in [0.717, 1.165) is 39.1 Å². The van der Waals surface area contributed by atoms with Crippen LogP contribution in [-0.2, 0) is 0 Å². The lowest BCUT2D eigenvalue weighted by molar-refractivity contribution is 0.669. The highest BCUT2D eigenvalue weighted by Crippen LogP contribution is 2.47. The molecule has 0 saturated carbocycles. The Hall–Kier alpha value is -6.19. The zero-order chi connectivity index (χ0) is 29.9. The third-order valence-corrected chi connectivity index (χ3v) is 9.93. The minimum absolute atomic E-state index is 0.910. The van der Waals surface area contributed by atoms with Gasteiger partial charge >= 0.3 is 0 Å². The minimum Gasteiger partial charge on any atom is -0.456 e. The van der Waals surface area contributed by atoms with Crippen molar-refractivity contribution in [2.75, 3.05) is 0 Å². The molecule has 3 heterocycles. The molecule has 0 aliphatic heterocycles. The molecule has 0 atom stereocenters. The third-order valence-electron chi connectivity index (χ3n) is 9.93. The molecule has 0 amide bonds. The Bertz CT molecular complexity index is 2920. The average Bonchev–Trinajstić information content (AvgIpc) is 3.76. The smallest absolute Gasteiger partial charge is 0.138 e. The highest BCUT2D eigenvalue weighted by atomic mass is 16.3. The van der Waals surface area contributed by atoms with Gasteiger partial charge in [0, 0.05) is 32.7 Å². The first-order chi connectivity index (χ1) is 22.8. The van der Waals surface area contributed by atoms with Crippen molar-refractivity contribution in [2.24, 2.45) is 0 Å². The number of furan rings is 1. The van der Waals surface area contributed by atoms with Gasteiger partial charge in [-0.1, -0.05) is 97.1 Å². The molecule has 3 nitrogen and oxygen atoms in total. The highest BCUT2D eigenvalue weighted by molar-refractivity contribution is 6.20. The molecule has 0 fully saturated rings. The lowest BCUT2D eigenvalue weighted by Crippen LogP contribution is -1.98. The van der Waals surface area contributed by atoms with Crippen molar-refractivity contribution in [1.29, 1.82) is 0 Å². The zero-order valence-electron chi connectivity index (χ0n) is 24.7. The van der Waals surface area contributed by atoms with Gasteiger partial charge in [-0.05, 0) is 86.8 Å². The number of aromatic nitrogens is 2. The fraction of sp³-hybridized carbons (Fsp3) is 0. The van der Waals surface area contributed by atoms with E-state index in [9.17, 15) is 0 Å². The van der Waals surface area contributed by atoms with Gasteiger partial charge in [0.2, 0.25) is 0 Å². The summed E-state index contributed by atoms with van der Waals surface area (Å²) in [5, 5.41) is 9.74. The van der Waals surface area contributed by atoms with Crippen LogP contribution in [0.3, 0.4) is 0 Å². The lowest BCUT2D eigenvalue weighted by Gasteiger charge is -2.10. The second-order valence-electron chi connectivity index (χ2n) is 12.3. The maximum atomic E-state index is 6.29. The Morgan fingerprint density at radius 2 is 1.15 bits per heavy atom. The molecule has 7 aromatic carbocycles. The molecule has 11 rings (SSSR count). The molecule has 0 radical (unpaired) electrons. The van der Waals surface area contributed by atoms with Crippen LogP contribution in [-0.4, -0.2) is 9.55 Å². The van der Waals surface area contributed by atoms with Crippen molar-refractivity contribution < 1.29 is 4.42 Å². The largest absolute Gasteiger partial charge is 0.456 e. The summed E-state index contributed by atoms with van der Waals surface area (Å²) in [4.78, 5) is 5.35. The Morgan fingerprint density at radius 3 is 2.07 bits per heavy atom. The number of nitrogens with zero attached hydrogens (tertiary/aromatic N) is 2. The van der Waals surface area contributed by atoms with Crippen molar-refractivity contribution in [3.63, 3.8) is 0 Å². The molecule has 3 aromatic heterocycles. The predicted octanol–water partition coefficient (Wildman–Crippen LogP) is 11.7. The molecule has 1 aliphatic rings. The summed E-state index contributed by atoms with van der Waals surface area (Å²) in [5.41, 5.74) is 11.2. The van der Waals surface area contributed by atoms with Gasteiger partial charge in [-0.2, -0.15) is 0 Å². The molecule has 0 saturated heterocycles. The fourth-order valence-electron chi connectivity index (χ4n) is 7.88. The van der Waals surface area contributed by atoms with Crippen LogP contribution in [0.5, 0.6) is 0 Å². The van der Waals surface area contributed by atoms with E-state index in [2.05, 4.69) is 150 Å². The van der Waals surface area contributed by atoms with Crippen molar-refractivity contribution in [3.05, 3.63) is 146 Å². The van der Waals surface area contributed by atoms with Crippen LogP contribution in [0.2, 0.25) is 0 Å². The minimum atomic E-state index is 0.910. The first-order valence-electron chi connectivity index (χ1n) is 15.7. The molecule has 1 aliphatic carbocycles. The Balaban J connectivity index is 1.11. The molecular weight excluding hydrogens is 560 g/mol. The topological polar surface area (TPSA) is 31.0 Å². The van der Waals surface area contributed by atoms with Crippen LogP contribution in [0, 0.1) is 0 Å². The fourth-order valence-corrected chi connectivity index (χ4v) is 7.88. The number of benzene rings is 7. The highest BCUT2D eigenvalue weighted by Gasteiger charge is 2.24. The van der Waals surface area contributed by atoms with Gasteiger partial charge in [-0.15, -0.1) is 0 Å². The van der Waals surface area contributed by atoms with Gasteiger partial charge in [0.1, 0.15) is 17.0 Å². The molecule has 0 N–H and O–H groups in total. The van der Waals surface area contributed by atoms with E-state index < -0.39 is 0 Å². The van der Waals surface area contributed by atoms with E-state index in [-0.39, 0.29) is 0 Å². The first kappa shape index (κ1) is 24.2. The lowest BCUT2D eigenvalue weighted by atomic mass is 9.99. The van der Waals surface area contributed by atoms with E-state index in [1.807, 2.05) is 0 Å². The number of rotatable bonds is 2. The summed E-state index contributed by atoms with van der Waals surface area (Å²) in [6, 6.07) is 52.3. The Labute approximate surface area is 263 Å². The van der Waals surface area contributed by atoms with Gasteiger partial charge in [-0.3, -0.25) is 4.57 Å². The quantitative estimate of drug-likeness (QED) is 0.202. The normalized spacial score (nSPS) is 12.3. The van der Waals surface area contributed by atoms with Crippen molar-refractivity contribution in [2.45, 2.75) is 0 Å². The monoisotopic (exact) mass is 584 g/mol. The zero-order valence-corrected chi connectivity index (χ0v) is 24.7. The molecular formula is C43H24N2O. The summed E-state index contributed by atoms with van der Waals surface area (Å²) in [6.45, 7) is 0. The Morgan fingerprint density at radius 1 is 0.435 bits per heavy atom. The van der Waals surface area contributed by atoms with Crippen LogP contribution >= 0.6 is 0 Å². The number of para-hydroxylation sites is 1. The van der Waals surface area contributed by atoms with Crippen molar-refractivity contribution in [1.82, 2.24) is 9.55 Å². The second-order valence-corrected chi connectivity index (χ2v) is 12.3. The van der Waals surface area contributed by atoms with Crippen molar-refractivity contribution in [3.8, 4) is 39.3 Å². The van der Waals surface area contributed by atoms with E-state index in [0.29, 0.717) is 0 Å². The van der Waals surface area contributed by atoms with E-state index >= 15 is 0 Å². The summed E-state index contributed by atoms with van der Waals surface area (Å²) < 4.78 is 8.61. The van der Waals surface area contributed by atoms with Crippen LogP contribution in [0.1, 0.15) is 0 Å². The SMILES string of the molecule is c1cc2c3c(cccc3c1)-c1nc(-n3c4ccccc4c4cc(-c5ccc6oc7ccc8ccccc8c7c6c5)ccc43)ccc1-2. The predicted molar refractivity (Wildman–Crippen MR) is 191 cm³/mol. The Kier molecular flexibility index (Phi) is 4.58. The van der Waals surface area contributed by atoms with Gasteiger partial charge in [0.05, 0.1) is 16.7 Å². The van der Waals surface area contributed by atoms with Gasteiger partial charge < -0.3 is 4.42 Å². The summed E-state index contributed by atoms with van der Waals surface area (Å²) >= 11 is 0. The van der Waals surface area contributed by atoms with Gasteiger partial charge in [-0.25, -0.2) is 4.98 Å². The summed E-state index contributed by atoms with van der Waals surface area (Å²) in [5.74, 6) is 0.931. The van der Waals surface area contributed by atoms with Crippen LogP contribution < -0.4 is 0 Å². The molecule has 212 valence electrons. The van der Waals surface area contributed by atoms with Gasteiger partial charge in [0.25, 0.3) is 0 Å². The summed E-state index contributed by atoms with van der Waals surface area (Å²) in [6.07, 6.45) is 0. The number of pyridine rings is 1. The van der Waals surface area contributed by atoms with Crippen LogP contribution in [0.4, 0.5) is 0 Å². The molecule has 46 heavy (non-hydrogen) atoms. The standard InChI is InChI=1S/C43H24N2O/c1-2-10-29-25(7-1)16-21-39-42(29)35-24-28(17-20-38(35)46-39)27-15-19-37-34(23-27)30-11-3-4-14-36(30)45(37)40-22-18-32-31-12-5-8-26-9-6-13-33(41(26)31)43(32)44-40/h1-24H. The average molecular weight is 585 g/mol. The molecule has 3 heteroatoms. The maximum Gasteiger partial charge on any atom is 0.138 e. The van der Waals surface area contributed by atoms with Crippen LogP contribution in [0.15, 0.2) is 150 Å². The van der Waals surface area contributed by atoms with Crippen LogP contribution in [0.25, 0.3) is 105 Å². The van der Waals surface area contributed by atoms with E-state index in [1.165, 1.54) is 65.5 Å². The van der Waals surface area contributed by atoms with E-state index in [4.69, 9.17) is 9.40 Å². The van der Waals surface area contributed by atoms with E-state index in [1.54, 1.807) is 0 Å². The number of hydrogen-bond donors (Lipinski definition) is 0. The molecule has 0 spiro atoms. The second kappa shape index (κ2) is 8.71. The third kappa shape index (κ3) is 3.14. The molecule has 0 unspecified atom stereocenters. The molecule has 0 bridgehead atoms. The van der Waals surface area contributed by atoms with Gasteiger partial charge in [0.15, 0.2) is 0 Å². The first-order valence-corrected chi connectivity index (χ1v) is 15.7. The number of fused-ring (bicyclic) bond motifs is 11. The maximum absolute atomic E-state index is 6.29. The number of hydrogen-bond acceptors (Lipinski definition) is 2. The summed E-state index contributed by atoms with van der Waals surface area (Å²) in [7, 11) is 0.